The molecule has 140 valence electrons. The molecule has 1 aromatic heterocycles. The number of nitrogens with one attached hydrogen (secondary N) is 1. The first-order chi connectivity index (χ1) is 12.7. The van der Waals surface area contributed by atoms with Crippen LogP contribution in [-0.2, 0) is 13.2 Å². The third-order valence-electron chi connectivity index (χ3n) is 3.76. The van der Waals surface area contributed by atoms with Crippen LogP contribution in [0.2, 0.25) is 0 Å². The molecule has 1 heterocycles. The van der Waals surface area contributed by atoms with Gasteiger partial charge >= 0.3 is 6.18 Å². The molecular weight excluding hydrogens is 359 g/mol. The van der Waals surface area contributed by atoms with E-state index in [0.717, 1.165) is 6.07 Å². The lowest BCUT2D eigenvalue weighted by atomic mass is 10.1. The maximum absolute atomic E-state index is 13.5. The van der Waals surface area contributed by atoms with Gasteiger partial charge in [-0.1, -0.05) is 18.2 Å². The highest BCUT2D eigenvalue weighted by Crippen LogP contribution is 2.38. The van der Waals surface area contributed by atoms with Crippen LogP contribution in [0.5, 0.6) is 11.5 Å². The summed E-state index contributed by atoms with van der Waals surface area (Å²) in [6, 6.07) is 13.4. The Labute approximate surface area is 153 Å². The maximum Gasteiger partial charge on any atom is 0.418 e. The summed E-state index contributed by atoms with van der Waals surface area (Å²) in [7, 11) is 1.55. The largest absolute Gasteiger partial charge is 0.457 e. The fraction of sp³-hybridized carbons (Fsp3) is 0.158. The van der Waals surface area contributed by atoms with E-state index in [1.165, 1.54) is 22.9 Å². The monoisotopic (exact) mass is 375 g/mol. The molecule has 1 amide bonds. The van der Waals surface area contributed by atoms with Gasteiger partial charge in [-0.3, -0.25) is 9.48 Å². The number of aryl methyl sites for hydroxylation is 2. The van der Waals surface area contributed by atoms with Crippen molar-refractivity contribution in [2.45, 2.75) is 13.1 Å². The second kappa shape index (κ2) is 7.14. The first-order valence-electron chi connectivity index (χ1n) is 8.00. The molecule has 0 radical (unpaired) electrons. The third-order valence-corrected chi connectivity index (χ3v) is 3.76. The number of benzene rings is 2. The van der Waals surface area contributed by atoms with Crippen LogP contribution in [0.1, 0.15) is 21.7 Å². The first-order valence-corrected chi connectivity index (χ1v) is 8.00. The van der Waals surface area contributed by atoms with Crippen LogP contribution in [0.4, 0.5) is 18.9 Å². The molecule has 5 nitrogen and oxygen atoms in total. The van der Waals surface area contributed by atoms with Gasteiger partial charge in [0.05, 0.1) is 16.9 Å². The van der Waals surface area contributed by atoms with Gasteiger partial charge in [0, 0.05) is 7.05 Å². The Kier molecular flexibility index (Phi) is 4.89. The van der Waals surface area contributed by atoms with E-state index >= 15 is 0 Å². The summed E-state index contributed by atoms with van der Waals surface area (Å²) in [4.78, 5) is 12.3. The molecule has 2 aromatic carbocycles. The number of hydrogen-bond acceptors (Lipinski definition) is 3. The number of nitrogens with zero attached hydrogens (tertiary/aromatic N) is 2. The molecule has 0 bridgehead atoms. The quantitative estimate of drug-likeness (QED) is 0.713. The molecule has 0 atom stereocenters. The summed E-state index contributed by atoms with van der Waals surface area (Å²) in [5.74, 6) is -0.254. The highest BCUT2D eigenvalue weighted by Gasteiger charge is 2.35. The number of para-hydroxylation sites is 1. The lowest BCUT2D eigenvalue weighted by Gasteiger charge is -2.15. The Bertz CT molecular complexity index is 966. The Morgan fingerprint density at radius 3 is 2.37 bits per heavy atom. The van der Waals surface area contributed by atoms with Crippen molar-refractivity contribution < 1.29 is 22.7 Å². The predicted octanol–water partition coefficient (Wildman–Crippen LogP) is 4.79. The average Bonchev–Trinajstić information content (AvgIpc) is 2.94. The second-order valence-corrected chi connectivity index (χ2v) is 5.87. The van der Waals surface area contributed by atoms with Gasteiger partial charge in [-0.2, -0.15) is 18.3 Å². The molecule has 1 N–H and O–H groups in total. The fourth-order valence-electron chi connectivity index (χ4n) is 2.56. The molecule has 3 aromatic rings. The van der Waals surface area contributed by atoms with E-state index in [1.54, 1.807) is 44.3 Å². The van der Waals surface area contributed by atoms with Gasteiger partial charge in [-0.15, -0.1) is 0 Å². The topological polar surface area (TPSA) is 56.1 Å². The van der Waals surface area contributed by atoms with E-state index in [9.17, 15) is 18.0 Å². The van der Waals surface area contributed by atoms with E-state index in [-0.39, 0.29) is 17.1 Å². The van der Waals surface area contributed by atoms with Crippen LogP contribution < -0.4 is 10.1 Å². The molecule has 0 aliphatic heterocycles. The molecule has 0 saturated carbocycles. The van der Waals surface area contributed by atoms with Crippen molar-refractivity contribution in [3.63, 3.8) is 0 Å². The zero-order valence-electron chi connectivity index (χ0n) is 14.5. The zero-order chi connectivity index (χ0) is 19.6. The SMILES string of the molecule is Cc1cc(C(=O)Nc2ccc(Oc3ccccc3)cc2C(F)(F)F)n(C)n1. The van der Waals surface area contributed by atoms with Crippen molar-refractivity contribution in [1.29, 1.82) is 0 Å². The lowest BCUT2D eigenvalue weighted by Crippen LogP contribution is -2.19. The van der Waals surface area contributed by atoms with Gasteiger partial charge in [-0.25, -0.2) is 0 Å². The number of halogens is 3. The molecule has 3 rings (SSSR count). The minimum atomic E-state index is -4.67. The second-order valence-electron chi connectivity index (χ2n) is 5.87. The Balaban J connectivity index is 1.90. The standard InChI is InChI=1S/C19H16F3N3O2/c1-12-10-17(25(2)24-12)18(26)23-16-9-8-14(11-15(16)19(20,21)22)27-13-6-4-3-5-7-13/h3-11H,1-2H3,(H,23,26). The van der Waals surface area contributed by atoms with Gasteiger partial charge in [0.1, 0.15) is 17.2 Å². The van der Waals surface area contributed by atoms with Crippen LogP contribution in [0.25, 0.3) is 0 Å². The van der Waals surface area contributed by atoms with Crippen LogP contribution in [0, 0.1) is 6.92 Å². The third kappa shape index (κ3) is 4.28. The molecule has 0 fully saturated rings. The highest BCUT2D eigenvalue weighted by atomic mass is 19.4. The molecule has 0 aliphatic rings. The number of rotatable bonds is 4. The molecule has 8 heteroatoms. The Morgan fingerprint density at radius 1 is 1.07 bits per heavy atom. The number of hydrogen-bond donors (Lipinski definition) is 1. The van der Waals surface area contributed by atoms with Crippen LogP contribution in [0.15, 0.2) is 54.6 Å². The number of amides is 1. The van der Waals surface area contributed by atoms with Crippen molar-refractivity contribution in [1.82, 2.24) is 9.78 Å². The Hall–Kier alpha value is -3.29. The number of carbonyl (C=O) groups excluding carboxylic acids is 1. The maximum atomic E-state index is 13.5. The first kappa shape index (κ1) is 18.5. The zero-order valence-corrected chi connectivity index (χ0v) is 14.5. The molecule has 0 spiro atoms. The van der Waals surface area contributed by atoms with Crippen LogP contribution in [-0.4, -0.2) is 15.7 Å². The average molecular weight is 375 g/mol. The summed E-state index contributed by atoms with van der Waals surface area (Å²) in [6.45, 7) is 1.69. The minimum absolute atomic E-state index is 0.0166. The van der Waals surface area contributed by atoms with E-state index in [2.05, 4.69) is 10.4 Å². The number of anilines is 1. The van der Waals surface area contributed by atoms with Crippen molar-refractivity contribution in [3.8, 4) is 11.5 Å². The van der Waals surface area contributed by atoms with Crippen molar-refractivity contribution in [3.05, 3.63) is 71.5 Å². The predicted molar refractivity (Wildman–Crippen MR) is 93.9 cm³/mol. The van der Waals surface area contributed by atoms with Crippen LogP contribution in [0.3, 0.4) is 0 Å². The van der Waals surface area contributed by atoms with Crippen LogP contribution >= 0.6 is 0 Å². The highest BCUT2D eigenvalue weighted by molar-refractivity contribution is 6.03. The number of carbonyl (C=O) groups is 1. The van der Waals surface area contributed by atoms with E-state index in [0.29, 0.717) is 11.4 Å². The Morgan fingerprint density at radius 2 is 1.78 bits per heavy atom. The van der Waals surface area contributed by atoms with Gasteiger partial charge < -0.3 is 10.1 Å². The normalized spacial score (nSPS) is 11.3. The van der Waals surface area contributed by atoms with E-state index in [4.69, 9.17) is 4.74 Å². The summed E-state index contributed by atoms with van der Waals surface area (Å²) in [5, 5.41) is 6.32. The van der Waals surface area contributed by atoms with Crippen molar-refractivity contribution in [2.75, 3.05) is 5.32 Å². The number of aromatic nitrogens is 2. The summed E-state index contributed by atoms with van der Waals surface area (Å²) in [6.07, 6.45) is -4.67. The fourth-order valence-corrected chi connectivity index (χ4v) is 2.56. The van der Waals surface area contributed by atoms with E-state index < -0.39 is 17.6 Å². The van der Waals surface area contributed by atoms with Gasteiger partial charge in [0.25, 0.3) is 5.91 Å². The summed E-state index contributed by atoms with van der Waals surface area (Å²) < 4.78 is 47.2. The summed E-state index contributed by atoms with van der Waals surface area (Å²) >= 11 is 0. The molecular formula is C19H16F3N3O2. The van der Waals surface area contributed by atoms with Crippen molar-refractivity contribution >= 4 is 11.6 Å². The van der Waals surface area contributed by atoms with Gasteiger partial charge in [0.2, 0.25) is 0 Å². The summed E-state index contributed by atoms with van der Waals surface area (Å²) in [5.41, 5.74) is -0.606. The molecule has 0 aliphatic carbocycles. The minimum Gasteiger partial charge on any atom is -0.457 e. The molecule has 0 saturated heterocycles. The molecule has 27 heavy (non-hydrogen) atoms. The number of alkyl halides is 3. The number of ether oxygens (including phenoxy) is 1. The lowest BCUT2D eigenvalue weighted by molar-refractivity contribution is -0.137. The molecule has 0 unspecified atom stereocenters. The van der Waals surface area contributed by atoms with Crippen molar-refractivity contribution in [2.24, 2.45) is 7.05 Å². The van der Waals surface area contributed by atoms with E-state index in [1.807, 2.05) is 0 Å². The van der Waals surface area contributed by atoms with Gasteiger partial charge in [0.15, 0.2) is 0 Å². The smallest absolute Gasteiger partial charge is 0.418 e. The van der Waals surface area contributed by atoms with Gasteiger partial charge in [-0.05, 0) is 43.3 Å².